The van der Waals surface area contributed by atoms with Crippen molar-refractivity contribution in [2.75, 3.05) is 6.54 Å². The molecule has 104 valence electrons. The molecule has 1 rings (SSSR count). The minimum atomic E-state index is -0.974. The first-order chi connectivity index (χ1) is 8.47. The Labute approximate surface area is 108 Å². The quantitative estimate of drug-likeness (QED) is 0.683. The number of carbonyl (C=O) groups is 2. The zero-order valence-electron chi connectivity index (χ0n) is 11.2. The minimum absolute atomic E-state index is 0.119. The van der Waals surface area contributed by atoms with Gasteiger partial charge in [-0.05, 0) is 31.2 Å². The van der Waals surface area contributed by atoms with Crippen LogP contribution in [0.25, 0.3) is 0 Å². The van der Waals surface area contributed by atoms with Gasteiger partial charge < -0.3 is 16.2 Å². The molecule has 3 atom stereocenters. The molecule has 0 spiro atoms. The summed E-state index contributed by atoms with van der Waals surface area (Å²) in [7, 11) is 0. The van der Waals surface area contributed by atoms with Crippen LogP contribution in [0.1, 0.15) is 39.5 Å². The first kappa shape index (κ1) is 15.0. The SMILES string of the molecule is CC(C)C(NC(=O)C1CCCCC1CN)C(=O)O. The number of hydrogen-bond donors (Lipinski definition) is 3. The van der Waals surface area contributed by atoms with Crippen molar-refractivity contribution >= 4 is 11.9 Å². The summed E-state index contributed by atoms with van der Waals surface area (Å²) in [5, 5.41) is 11.7. The summed E-state index contributed by atoms with van der Waals surface area (Å²) in [5.41, 5.74) is 5.69. The van der Waals surface area contributed by atoms with Crippen molar-refractivity contribution in [2.45, 2.75) is 45.6 Å². The third-order valence-electron chi connectivity index (χ3n) is 3.78. The van der Waals surface area contributed by atoms with Crippen LogP contribution in [0, 0.1) is 17.8 Å². The van der Waals surface area contributed by atoms with Crippen LogP contribution in [0.15, 0.2) is 0 Å². The molecule has 0 saturated heterocycles. The predicted octanol–water partition coefficient (Wildman–Crippen LogP) is 0.977. The van der Waals surface area contributed by atoms with Crippen LogP contribution in [-0.4, -0.2) is 29.6 Å². The highest BCUT2D eigenvalue weighted by Crippen LogP contribution is 2.29. The molecule has 3 unspecified atom stereocenters. The van der Waals surface area contributed by atoms with E-state index in [1.54, 1.807) is 13.8 Å². The fourth-order valence-electron chi connectivity index (χ4n) is 2.61. The van der Waals surface area contributed by atoms with Crippen molar-refractivity contribution in [3.8, 4) is 0 Å². The maximum atomic E-state index is 12.2. The lowest BCUT2D eigenvalue weighted by Crippen LogP contribution is -2.49. The second kappa shape index (κ2) is 6.73. The van der Waals surface area contributed by atoms with Gasteiger partial charge in [0.05, 0.1) is 0 Å². The first-order valence-electron chi connectivity index (χ1n) is 6.70. The number of carbonyl (C=O) groups excluding carboxylic acids is 1. The molecule has 0 aliphatic heterocycles. The summed E-state index contributed by atoms with van der Waals surface area (Å²) in [6.07, 6.45) is 3.92. The van der Waals surface area contributed by atoms with Crippen LogP contribution in [-0.2, 0) is 9.59 Å². The summed E-state index contributed by atoms with van der Waals surface area (Å²) in [6, 6.07) is -0.808. The molecular formula is C13H24N2O3. The van der Waals surface area contributed by atoms with Crippen molar-refractivity contribution in [3.63, 3.8) is 0 Å². The van der Waals surface area contributed by atoms with E-state index in [0.29, 0.717) is 6.54 Å². The molecule has 1 aliphatic rings. The number of hydrogen-bond acceptors (Lipinski definition) is 3. The average Bonchev–Trinajstić information content (AvgIpc) is 2.34. The van der Waals surface area contributed by atoms with Gasteiger partial charge in [0.1, 0.15) is 6.04 Å². The summed E-state index contributed by atoms with van der Waals surface area (Å²) in [4.78, 5) is 23.2. The van der Waals surface area contributed by atoms with E-state index in [9.17, 15) is 9.59 Å². The zero-order chi connectivity index (χ0) is 13.7. The molecule has 5 nitrogen and oxygen atoms in total. The van der Waals surface area contributed by atoms with E-state index in [0.717, 1.165) is 25.7 Å². The van der Waals surface area contributed by atoms with Gasteiger partial charge >= 0.3 is 5.97 Å². The molecule has 1 aliphatic carbocycles. The first-order valence-corrected chi connectivity index (χ1v) is 6.70. The van der Waals surface area contributed by atoms with E-state index in [-0.39, 0.29) is 23.7 Å². The van der Waals surface area contributed by atoms with Crippen LogP contribution in [0.2, 0.25) is 0 Å². The van der Waals surface area contributed by atoms with Gasteiger partial charge in [-0.1, -0.05) is 26.7 Å². The second-order valence-corrected chi connectivity index (χ2v) is 5.46. The van der Waals surface area contributed by atoms with Gasteiger partial charge in [-0.15, -0.1) is 0 Å². The van der Waals surface area contributed by atoms with Crippen LogP contribution < -0.4 is 11.1 Å². The fraction of sp³-hybridized carbons (Fsp3) is 0.846. The number of carboxylic acids is 1. The van der Waals surface area contributed by atoms with Gasteiger partial charge in [0.25, 0.3) is 0 Å². The molecule has 4 N–H and O–H groups in total. The van der Waals surface area contributed by atoms with Crippen molar-refractivity contribution in [3.05, 3.63) is 0 Å². The maximum Gasteiger partial charge on any atom is 0.326 e. The Morgan fingerprint density at radius 3 is 2.44 bits per heavy atom. The van der Waals surface area contributed by atoms with Crippen LogP contribution in [0.3, 0.4) is 0 Å². The summed E-state index contributed by atoms with van der Waals surface area (Å²) < 4.78 is 0. The molecular weight excluding hydrogens is 232 g/mol. The number of carboxylic acid groups (broad SMARTS) is 1. The highest BCUT2D eigenvalue weighted by atomic mass is 16.4. The monoisotopic (exact) mass is 256 g/mol. The Bertz CT molecular complexity index is 305. The Balaban J connectivity index is 2.64. The Kier molecular flexibility index (Phi) is 5.59. The van der Waals surface area contributed by atoms with Crippen molar-refractivity contribution < 1.29 is 14.7 Å². The summed E-state index contributed by atoms with van der Waals surface area (Å²) in [5.74, 6) is -1.17. The Morgan fingerprint density at radius 1 is 1.33 bits per heavy atom. The van der Waals surface area contributed by atoms with Crippen molar-refractivity contribution in [1.82, 2.24) is 5.32 Å². The molecule has 0 aromatic heterocycles. The number of nitrogens with one attached hydrogen (secondary N) is 1. The van der Waals surface area contributed by atoms with E-state index in [1.807, 2.05) is 0 Å². The van der Waals surface area contributed by atoms with Crippen LogP contribution in [0.5, 0.6) is 0 Å². The van der Waals surface area contributed by atoms with Gasteiger partial charge in [0, 0.05) is 5.92 Å². The van der Waals surface area contributed by atoms with E-state index < -0.39 is 12.0 Å². The van der Waals surface area contributed by atoms with Gasteiger partial charge in [0.15, 0.2) is 0 Å². The number of rotatable bonds is 5. The minimum Gasteiger partial charge on any atom is -0.480 e. The fourth-order valence-corrected chi connectivity index (χ4v) is 2.61. The number of amides is 1. The highest BCUT2D eigenvalue weighted by Gasteiger charge is 2.33. The molecule has 1 fully saturated rings. The van der Waals surface area contributed by atoms with Crippen LogP contribution >= 0.6 is 0 Å². The predicted molar refractivity (Wildman–Crippen MR) is 68.9 cm³/mol. The van der Waals surface area contributed by atoms with Gasteiger partial charge in [-0.25, -0.2) is 4.79 Å². The molecule has 5 heteroatoms. The van der Waals surface area contributed by atoms with Crippen molar-refractivity contribution in [2.24, 2.45) is 23.5 Å². The highest BCUT2D eigenvalue weighted by molar-refractivity contribution is 5.85. The van der Waals surface area contributed by atoms with Gasteiger partial charge in [-0.2, -0.15) is 0 Å². The Morgan fingerprint density at radius 2 is 1.94 bits per heavy atom. The molecule has 1 saturated carbocycles. The lowest BCUT2D eigenvalue weighted by molar-refractivity contribution is -0.144. The van der Waals surface area contributed by atoms with E-state index in [4.69, 9.17) is 10.8 Å². The number of aliphatic carboxylic acids is 1. The third-order valence-corrected chi connectivity index (χ3v) is 3.78. The molecule has 1 amide bonds. The lowest BCUT2D eigenvalue weighted by atomic mass is 9.78. The molecule has 18 heavy (non-hydrogen) atoms. The molecule has 0 aromatic carbocycles. The standard InChI is InChI=1S/C13H24N2O3/c1-8(2)11(13(17)18)15-12(16)10-6-4-3-5-9(10)7-14/h8-11H,3-7,14H2,1-2H3,(H,15,16)(H,17,18). The molecule has 0 heterocycles. The molecule has 0 bridgehead atoms. The Hall–Kier alpha value is -1.10. The summed E-state index contributed by atoms with van der Waals surface area (Å²) >= 11 is 0. The second-order valence-electron chi connectivity index (χ2n) is 5.46. The lowest BCUT2D eigenvalue weighted by Gasteiger charge is -2.31. The summed E-state index contributed by atoms with van der Waals surface area (Å²) in [6.45, 7) is 4.08. The largest absolute Gasteiger partial charge is 0.480 e. The van der Waals surface area contributed by atoms with E-state index >= 15 is 0 Å². The van der Waals surface area contributed by atoms with E-state index in [1.165, 1.54) is 0 Å². The zero-order valence-corrected chi connectivity index (χ0v) is 11.2. The van der Waals surface area contributed by atoms with E-state index in [2.05, 4.69) is 5.32 Å². The van der Waals surface area contributed by atoms with Gasteiger partial charge in [0.2, 0.25) is 5.91 Å². The normalized spacial score (nSPS) is 25.8. The maximum absolute atomic E-state index is 12.2. The molecule has 0 aromatic rings. The van der Waals surface area contributed by atoms with Crippen LogP contribution in [0.4, 0.5) is 0 Å². The third kappa shape index (κ3) is 3.70. The van der Waals surface area contributed by atoms with Crippen molar-refractivity contribution in [1.29, 1.82) is 0 Å². The molecule has 0 radical (unpaired) electrons. The topological polar surface area (TPSA) is 92.4 Å². The van der Waals surface area contributed by atoms with Gasteiger partial charge in [-0.3, -0.25) is 4.79 Å². The smallest absolute Gasteiger partial charge is 0.326 e. The number of nitrogens with two attached hydrogens (primary N) is 1. The average molecular weight is 256 g/mol.